The SMILES string of the molecule is CC(C)C(C)N(Cc1ccc(C(F)(F)F)cn1)C(=O)C(=O)OCC(F)(F)F. The number of rotatable bonds is 5. The van der Waals surface area contributed by atoms with Crippen LogP contribution in [-0.4, -0.2) is 40.6 Å². The molecule has 0 radical (unpaired) electrons. The second kappa shape index (κ2) is 8.57. The number of alkyl halides is 6. The first kappa shape index (κ1) is 22.7. The summed E-state index contributed by atoms with van der Waals surface area (Å²) in [5.74, 6) is -3.23. The topological polar surface area (TPSA) is 59.5 Å². The summed E-state index contributed by atoms with van der Waals surface area (Å²) < 4.78 is 78.1. The average molecular weight is 400 g/mol. The molecule has 0 aromatic carbocycles. The average Bonchev–Trinajstić information content (AvgIpc) is 2.55. The molecule has 0 aliphatic heterocycles. The van der Waals surface area contributed by atoms with Crippen LogP contribution in [-0.2, 0) is 27.0 Å². The zero-order valence-electron chi connectivity index (χ0n) is 14.7. The Labute approximate surface area is 151 Å². The Bertz CT molecular complexity index is 656. The van der Waals surface area contributed by atoms with Crippen LogP contribution in [0.1, 0.15) is 32.0 Å². The molecule has 0 fully saturated rings. The second-order valence-corrected chi connectivity index (χ2v) is 6.14. The fourth-order valence-corrected chi connectivity index (χ4v) is 1.95. The maximum Gasteiger partial charge on any atom is 0.422 e. The van der Waals surface area contributed by atoms with E-state index in [-0.39, 0.29) is 18.2 Å². The van der Waals surface area contributed by atoms with Crippen molar-refractivity contribution in [1.82, 2.24) is 9.88 Å². The van der Waals surface area contributed by atoms with Crippen molar-refractivity contribution in [3.8, 4) is 0 Å². The van der Waals surface area contributed by atoms with Gasteiger partial charge in [-0.3, -0.25) is 9.78 Å². The third-order valence-corrected chi connectivity index (χ3v) is 3.74. The van der Waals surface area contributed by atoms with Gasteiger partial charge in [-0.1, -0.05) is 13.8 Å². The predicted octanol–water partition coefficient (Wildman–Crippen LogP) is 3.58. The highest BCUT2D eigenvalue weighted by atomic mass is 19.4. The summed E-state index contributed by atoms with van der Waals surface area (Å²) in [4.78, 5) is 28.4. The van der Waals surface area contributed by atoms with Crippen molar-refractivity contribution in [2.75, 3.05) is 6.61 Å². The van der Waals surface area contributed by atoms with Crippen LogP contribution in [0.15, 0.2) is 18.3 Å². The van der Waals surface area contributed by atoms with Gasteiger partial charge < -0.3 is 9.64 Å². The van der Waals surface area contributed by atoms with E-state index in [0.29, 0.717) is 6.20 Å². The fourth-order valence-electron chi connectivity index (χ4n) is 1.95. The maximum atomic E-state index is 12.6. The van der Waals surface area contributed by atoms with Crippen LogP contribution in [0.2, 0.25) is 0 Å². The highest BCUT2D eigenvalue weighted by Gasteiger charge is 2.35. The molecule has 1 aromatic rings. The molecule has 152 valence electrons. The molecule has 1 amide bonds. The van der Waals surface area contributed by atoms with Gasteiger partial charge in [0.05, 0.1) is 17.8 Å². The molecule has 0 aliphatic rings. The van der Waals surface area contributed by atoms with Crippen LogP contribution in [0.4, 0.5) is 26.3 Å². The van der Waals surface area contributed by atoms with Gasteiger partial charge in [-0.25, -0.2) is 4.79 Å². The number of ether oxygens (including phenoxy) is 1. The van der Waals surface area contributed by atoms with E-state index in [0.717, 1.165) is 17.0 Å². The third kappa shape index (κ3) is 7.06. The minimum atomic E-state index is -4.79. The molecule has 11 heteroatoms. The van der Waals surface area contributed by atoms with Gasteiger partial charge in [0.2, 0.25) is 0 Å². The third-order valence-electron chi connectivity index (χ3n) is 3.74. The summed E-state index contributed by atoms with van der Waals surface area (Å²) in [6.07, 6.45) is -8.81. The molecule has 1 heterocycles. The summed E-state index contributed by atoms with van der Waals surface area (Å²) >= 11 is 0. The lowest BCUT2D eigenvalue weighted by Crippen LogP contribution is -2.45. The Balaban J connectivity index is 2.98. The van der Waals surface area contributed by atoms with Crippen molar-refractivity contribution in [2.24, 2.45) is 5.92 Å². The van der Waals surface area contributed by atoms with E-state index < -0.39 is 42.4 Å². The largest absolute Gasteiger partial charge is 0.449 e. The van der Waals surface area contributed by atoms with Crippen LogP contribution in [0.25, 0.3) is 0 Å². The van der Waals surface area contributed by atoms with Crippen LogP contribution in [0.3, 0.4) is 0 Å². The molecule has 0 aliphatic carbocycles. The number of pyridine rings is 1. The molecular weight excluding hydrogens is 382 g/mol. The number of halogens is 6. The van der Waals surface area contributed by atoms with E-state index in [9.17, 15) is 35.9 Å². The van der Waals surface area contributed by atoms with Crippen molar-refractivity contribution in [1.29, 1.82) is 0 Å². The van der Waals surface area contributed by atoms with E-state index in [1.807, 2.05) is 0 Å². The first-order valence-corrected chi connectivity index (χ1v) is 7.79. The molecule has 0 spiro atoms. The predicted molar refractivity (Wildman–Crippen MR) is 81.1 cm³/mol. The first-order chi connectivity index (χ1) is 12.2. The Hall–Kier alpha value is -2.33. The number of esters is 1. The Morgan fingerprint density at radius 1 is 1.11 bits per heavy atom. The van der Waals surface area contributed by atoms with Crippen LogP contribution < -0.4 is 0 Å². The van der Waals surface area contributed by atoms with Crippen molar-refractivity contribution in [3.63, 3.8) is 0 Å². The van der Waals surface area contributed by atoms with Crippen LogP contribution >= 0.6 is 0 Å². The fraction of sp³-hybridized carbons (Fsp3) is 0.562. The molecule has 0 bridgehead atoms. The minimum absolute atomic E-state index is 0.0347. The van der Waals surface area contributed by atoms with E-state index in [2.05, 4.69) is 9.72 Å². The first-order valence-electron chi connectivity index (χ1n) is 7.79. The molecule has 1 unspecified atom stereocenters. The lowest BCUT2D eigenvalue weighted by atomic mass is 10.0. The molecule has 1 rings (SSSR count). The summed E-state index contributed by atoms with van der Waals surface area (Å²) in [7, 11) is 0. The number of amides is 1. The number of hydrogen-bond donors (Lipinski definition) is 0. The lowest BCUT2D eigenvalue weighted by molar-refractivity contribution is -0.190. The van der Waals surface area contributed by atoms with Crippen LogP contribution in [0, 0.1) is 5.92 Å². The van der Waals surface area contributed by atoms with E-state index in [1.165, 1.54) is 0 Å². The number of carbonyl (C=O) groups excluding carboxylic acids is 2. The molecule has 0 N–H and O–H groups in total. The molecule has 0 saturated carbocycles. The quantitative estimate of drug-likeness (QED) is 0.431. The van der Waals surface area contributed by atoms with Crippen molar-refractivity contribution >= 4 is 11.9 Å². The summed E-state index contributed by atoms with van der Waals surface area (Å²) in [5.41, 5.74) is -0.960. The van der Waals surface area contributed by atoms with Gasteiger partial charge in [0, 0.05) is 12.2 Å². The molecular formula is C16H18F6N2O3. The zero-order chi connectivity index (χ0) is 21.0. The standard InChI is InChI=1S/C16H18F6N2O3/c1-9(2)10(3)24(13(25)14(26)27-8-15(17,18)19)7-12-5-4-11(6-23-12)16(20,21)22/h4-6,9-10H,7-8H2,1-3H3. The van der Waals surface area contributed by atoms with Crippen molar-refractivity contribution < 1.29 is 40.7 Å². The maximum absolute atomic E-state index is 12.6. The normalized spacial score (nSPS) is 13.4. The minimum Gasteiger partial charge on any atom is -0.449 e. The van der Waals surface area contributed by atoms with E-state index in [1.54, 1.807) is 20.8 Å². The molecule has 1 atom stereocenters. The second-order valence-electron chi connectivity index (χ2n) is 6.14. The van der Waals surface area contributed by atoms with Gasteiger partial charge in [-0.15, -0.1) is 0 Å². The smallest absolute Gasteiger partial charge is 0.422 e. The monoisotopic (exact) mass is 400 g/mol. The molecule has 0 saturated heterocycles. The van der Waals surface area contributed by atoms with Crippen molar-refractivity contribution in [2.45, 2.75) is 45.7 Å². The summed E-state index contributed by atoms with van der Waals surface area (Å²) in [6.45, 7) is 2.67. The van der Waals surface area contributed by atoms with Gasteiger partial charge in [0.15, 0.2) is 6.61 Å². The zero-order valence-corrected chi connectivity index (χ0v) is 14.7. The molecule has 1 aromatic heterocycles. The number of nitrogens with zero attached hydrogens (tertiary/aromatic N) is 2. The van der Waals surface area contributed by atoms with Gasteiger partial charge in [-0.2, -0.15) is 26.3 Å². The highest BCUT2D eigenvalue weighted by Crippen LogP contribution is 2.28. The molecule has 5 nitrogen and oxygen atoms in total. The van der Waals surface area contributed by atoms with E-state index >= 15 is 0 Å². The van der Waals surface area contributed by atoms with Gasteiger partial charge in [-0.05, 0) is 25.0 Å². The van der Waals surface area contributed by atoms with Gasteiger partial charge >= 0.3 is 24.2 Å². The number of hydrogen-bond acceptors (Lipinski definition) is 4. The summed E-state index contributed by atoms with van der Waals surface area (Å²) in [6, 6.07) is 1.17. The van der Waals surface area contributed by atoms with Crippen LogP contribution in [0.5, 0.6) is 0 Å². The van der Waals surface area contributed by atoms with Gasteiger partial charge in [0.25, 0.3) is 0 Å². The van der Waals surface area contributed by atoms with E-state index in [4.69, 9.17) is 0 Å². The number of carbonyl (C=O) groups is 2. The lowest BCUT2D eigenvalue weighted by Gasteiger charge is -2.30. The molecule has 27 heavy (non-hydrogen) atoms. The Morgan fingerprint density at radius 3 is 2.11 bits per heavy atom. The number of aromatic nitrogens is 1. The highest BCUT2D eigenvalue weighted by molar-refractivity contribution is 6.32. The Morgan fingerprint density at radius 2 is 1.70 bits per heavy atom. The Kier molecular flexibility index (Phi) is 7.21. The summed E-state index contributed by atoms with van der Waals surface area (Å²) in [5, 5.41) is 0. The van der Waals surface area contributed by atoms with Crippen molar-refractivity contribution in [3.05, 3.63) is 29.6 Å². The van der Waals surface area contributed by atoms with Gasteiger partial charge in [0.1, 0.15) is 0 Å².